The van der Waals surface area contributed by atoms with E-state index in [-0.39, 0.29) is 12.5 Å². The predicted molar refractivity (Wildman–Crippen MR) is 83.8 cm³/mol. The molecule has 0 spiro atoms. The molecular weight excluding hydrogens is 304 g/mol. The van der Waals surface area contributed by atoms with Crippen molar-refractivity contribution in [1.82, 2.24) is 4.90 Å². The molecule has 0 aromatic heterocycles. The van der Waals surface area contributed by atoms with E-state index >= 15 is 0 Å². The van der Waals surface area contributed by atoms with Gasteiger partial charge >= 0.3 is 12.5 Å². The molecule has 0 aromatic rings. The molecule has 1 heterocycles. The molecule has 0 atom stereocenters. The fourth-order valence-electron chi connectivity index (χ4n) is 1.87. The predicted octanol–water partition coefficient (Wildman–Crippen LogP) is -0.126. The van der Waals surface area contributed by atoms with E-state index in [4.69, 9.17) is 30.3 Å². The normalized spacial score (nSPS) is 20.9. The molecule has 8 nitrogen and oxygen atoms in total. The zero-order valence-electron chi connectivity index (χ0n) is 13.6. The van der Waals surface area contributed by atoms with Gasteiger partial charge in [0.1, 0.15) is 0 Å². The van der Waals surface area contributed by atoms with E-state index in [1.54, 1.807) is 4.90 Å². The lowest BCUT2D eigenvalue weighted by atomic mass is 10.4. The van der Waals surface area contributed by atoms with Gasteiger partial charge in [-0.3, -0.25) is 4.79 Å². The summed E-state index contributed by atoms with van der Waals surface area (Å²) in [5.41, 5.74) is 0. The summed E-state index contributed by atoms with van der Waals surface area (Å²) in [7, 11) is 0. The third-order valence-electron chi connectivity index (χ3n) is 3.08. The molecule has 1 fully saturated rings. The van der Waals surface area contributed by atoms with E-state index in [0.717, 1.165) is 0 Å². The lowest BCUT2D eigenvalue weighted by Crippen LogP contribution is -2.38. The maximum Gasteiger partial charge on any atom is 0.339 e. The molecule has 23 heavy (non-hydrogen) atoms. The molecule has 0 bridgehead atoms. The van der Waals surface area contributed by atoms with Crippen LogP contribution in [0.15, 0.2) is 0 Å². The van der Waals surface area contributed by atoms with Gasteiger partial charge in [0.05, 0.1) is 66.1 Å². The zero-order valence-corrected chi connectivity index (χ0v) is 13.6. The van der Waals surface area contributed by atoms with Crippen molar-refractivity contribution < 1.29 is 28.5 Å². The standard InChI is InChI=1S/C15H27N2O6/c1-16-14-15(18)17-2-4-19-6-8-21-10-12-23-13-11-22-9-7-20-5-3-17/h1H,2-14H2/q+1. The lowest BCUT2D eigenvalue weighted by Gasteiger charge is -2.20. The van der Waals surface area contributed by atoms with Crippen LogP contribution in [-0.2, 0) is 28.5 Å². The summed E-state index contributed by atoms with van der Waals surface area (Å²) in [6.07, 6.45) is 0. The van der Waals surface area contributed by atoms with Gasteiger partial charge in [-0.1, -0.05) is 4.85 Å². The fourth-order valence-corrected chi connectivity index (χ4v) is 1.87. The monoisotopic (exact) mass is 331 g/mol. The first-order valence-electron chi connectivity index (χ1n) is 7.87. The van der Waals surface area contributed by atoms with Crippen molar-refractivity contribution in [3.05, 3.63) is 4.85 Å². The van der Waals surface area contributed by atoms with Gasteiger partial charge in [-0.25, -0.2) is 0 Å². The Labute approximate surface area is 137 Å². The summed E-state index contributed by atoms with van der Waals surface area (Å²) >= 11 is 0. The van der Waals surface area contributed by atoms with E-state index in [9.17, 15) is 4.79 Å². The summed E-state index contributed by atoms with van der Waals surface area (Å²) in [6.45, 7) is 10.9. The molecule has 0 aromatic carbocycles. The number of nitrogens with zero attached hydrogens (tertiary/aromatic N) is 2. The second-order valence-corrected chi connectivity index (χ2v) is 4.78. The summed E-state index contributed by atoms with van der Waals surface area (Å²) in [4.78, 5) is 16.9. The van der Waals surface area contributed by atoms with Gasteiger partial charge in [-0.2, -0.15) is 0 Å². The van der Waals surface area contributed by atoms with Crippen molar-refractivity contribution in [3.63, 3.8) is 0 Å². The molecule has 0 saturated carbocycles. The fraction of sp³-hybridized carbons (Fsp3) is 0.867. The van der Waals surface area contributed by atoms with Gasteiger partial charge in [0.2, 0.25) is 0 Å². The molecule has 0 unspecified atom stereocenters. The van der Waals surface area contributed by atoms with E-state index in [0.29, 0.717) is 79.2 Å². The number of hydrogen-bond acceptors (Lipinski definition) is 6. The van der Waals surface area contributed by atoms with Crippen LogP contribution < -0.4 is 0 Å². The number of amides is 1. The Hall–Kier alpha value is -1.24. The van der Waals surface area contributed by atoms with Crippen LogP contribution in [0.4, 0.5) is 0 Å². The van der Waals surface area contributed by atoms with Gasteiger partial charge in [0.25, 0.3) is 6.57 Å². The Kier molecular flexibility index (Phi) is 12.4. The van der Waals surface area contributed by atoms with Crippen LogP contribution in [-0.4, -0.2) is 96.5 Å². The highest BCUT2D eigenvalue weighted by atomic mass is 16.6. The van der Waals surface area contributed by atoms with Crippen LogP contribution in [0.25, 0.3) is 4.85 Å². The van der Waals surface area contributed by atoms with Gasteiger partial charge in [0.15, 0.2) is 0 Å². The number of rotatable bonds is 1. The molecular formula is C15H27N2O6+. The number of carbonyl (C=O) groups is 1. The maximum absolute atomic E-state index is 11.9. The lowest BCUT2D eigenvalue weighted by molar-refractivity contribution is -0.130. The van der Waals surface area contributed by atoms with E-state index in [2.05, 4.69) is 4.85 Å². The zero-order chi connectivity index (χ0) is 16.6. The molecule has 0 N–H and O–H groups in total. The molecule has 1 rings (SSSR count). The van der Waals surface area contributed by atoms with Gasteiger partial charge < -0.3 is 28.6 Å². The van der Waals surface area contributed by atoms with Gasteiger partial charge in [0, 0.05) is 13.1 Å². The van der Waals surface area contributed by atoms with Crippen LogP contribution in [0.3, 0.4) is 0 Å². The Balaban J connectivity index is 2.33. The first kappa shape index (κ1) is 19.8. The average molecular weight is 331 g/mol. The molecule has 0 aliphatic carbocycles. The van der Waals surface area contributed by atoms with Crippen LogP contribution >= 0.6 is 0 Å². The van der Waals surface area contributed by atoms with E-state index in [1.165, 1.54) is 0 Å². The van der Waals surface area contributed by atoms with Gasteiger partial charge in [-0.15, -0.1) is 0 Å². The van der Waals surface area contributed by atoms with Crippen LogP contribution in [0.2, 0.25) is 0 Å². The van der Waals surface area contributed by atoms with Crippen molar-refractivity contribution in [2.45, 2.75) is 0 Å². The Bertz CT molecular complexity index is 329. The first-order valence-corrected chi connectivity index (χ1v) is 7.87. The quantitative estimate of drug-likeness (QED) is 0.667. The van der Waals surface area contributed by atoms with Crippen molar-refractivity contribution in [2.75, 3.05) is 85.7 Å². The summed E-state index contributed by atoms with van der Waals surface area (Å²) in [5, 5.41) is 0. The van der Waals surface area contributed by atoms with Crippen LogP contribution in [0.1, 0.15) is 0 Å². The topological polar surface area (TPSA) is 70.8 Å². The van der Waals surface area contributed by atoms with E-state index in [1.807, 2.05) is 0 Å². The minimum Gasteiger partial charge on any atom is -0.377 e. The Morgan fingerprint density at radius 3 is 1.43 bits per heavy atom. The second-order valence-electron chi connectivity index (χ2n) is 4.78. The maximum atomic E-state index is 11.9. The average Bonchev–Trinajstić information content (AvgIpc) is 2.55. The number of hydrogen-bond donors (Lipinski definition) is 0. The summed E-state index contributed by atoms with van der Waals surface area (Å²) < 4.78 is 27.0. The molecule has 0 radical (unpaired) electrons. The van der Waals surface area contributed by atoms with Crippen LogP contribution in [0, 0.1) is 6.57 Å². The largest absolute Gasteiger partial charge is 0.377 e. The van der Waals surface area contributed by atoms with Crippen molar-refractivity contribution in [1.29, 1.82) is 0 Å². The Morgan fingerprint density at radius 1 is 0.739 bits per heavy atom. The molecule has 1 aliphatic heterocycles. The van der Waals surface area contributed by atoms with Crippen LogP contribution in [0.5, 0.6) is 0 Å². The Morgan fingerprint density at radius 2 is 1.09 bits per heavy atom. The summed E-state index contributed by atoms with van der Waals surface area (Å²) in [6, 6.07) is 0. The van der Waals surface area contributed by atoms with Crippen molar-refractivity contribution >= 4 is 5.91 Å². The molecule has 1 saturated heterocycles. The highest BCUT2D eigenvalue weighted by Crippen LogP contribution is 1.94. The van der Waals surface area contributed by atoms with E-state index < -0.39 is 0 Å². The van der Waals surface area contributed by atoms with Crippen molar-refractivity contribution in [2.24, 2.45) is 0 Å². The summed E-state index contributed by atoms with van der Waals surface area (Å²) in [5.74, 6) is -0.140. The minimum absolute atomic E-state index is 0.0355. The molecule has 1 aliphatic rings. The molecule has 132 valence electrons. The SMILES string of the molecule is C#[N+]CC(=O)N1CCOCCOCCOCCOCCOCC1. The first-order chi connectivity index (χ1) is 11.3. The third kappa shape index (κ3) is 11.0. The third-order valence-corrected chi connectivity index (χ3v) is 3.08. The number of ether oxygens (including phenoxy) is 5. The molecule has 8 heteroatoms. The number of carbonyl (C=O) groups excluding carboxylic acids is 1. The van der Waals surface area contributed by atoms with Gasteiger partial charge in [-0.05, 0) is 0 Å². The minimum atomic E-state index is -0.140. The second kappa shape index (κ2) is 14.4. The smallest absolute Gasteiger partial charge is 0.339 e. The molecule has 1 amide bonds. The highest BCUT2D eigenvalue weighted by Gasteiger charge is 2.16. The van der Waals surface area contributed by atoms with Crippen molar-refractivity contribution in [3.8, 4) is 6.57 Å². The highest BCUT2D eigenvalue weighted by molar-refractivity contribution is 5.79.